The van der Waals surface area contributed by atoms with Crippen LogP contribution in [0.3, 0.4) is 0 Å². The molecule has 2 heterocycles. The van der Waals surface area contributed by atoms with Gasteiger partial charge < -0.3 is 10.1 Å². The summed E-state index contributed by atoms with van der Waals surface area (Å²) in [6.07, 6.45) is 0. The molecule has 4 aromatic rings. The van der Waals surface area contributed by atoms with Gasteiger partial charge in [-0.1, -0.05) is 30.3 Å². The van der Waals surface area contributed by atoms with E-state index in [-0.39, 0.29) is 18.1 Å². The van der Waals surface area contributed by atoms with E-state index in [1.54, 1.807) is 19.9 Å². The van der Waals surface area contributed by atoms with Gasteiger partial charge in [-0.25, -0.2) is 9.78 Å². The number of aromatic nitrogens is 1. The van der Waals surface area contributed by atoms with Gasteiger partial charge in [0.1, 0.15) is 15.9 Å². The number of nitriles is 1. The van der Waals surface area contributed by atoms with Crippen LogP contribution in [0, 0.1) is 32.1 Å². The van der Waals surface area contributed by atoms with E-state index in [2.05, 4.69) is 17.5 Å². The molecule has 0 atom stereocenters. The Balaban J connectivity index is 1.79. The third kappa shape index (κ3) is 4.28. The maximum Gasteiger partial charge on any atom is 0.348 e. The highest BCUT2D eigenvalue weighted by molar-refractivity contribution is 7.18. The Bertz CT molecular complexity index is 1480. The highest BCUT2D eigenvalue weighted by Gasteiger charge is 2.23. The minimum atomic E-state index is -0.506. The number of esters is 1. The molecule has 0 fully saturated rings. The second-order valence-electron chi connectivity index (χ2n) is 7.92. The van der Waals surface area contributed by atoms with Crippen LogP contribution in [-0.2, 0) is 4.74 Å². The summed E-state index contributed by atoms with van der Waals surface area (Å²) in [5.41, 5.74) is 5.80. The SMILES string of the molecule is CCOC(=O)c1sc(NC(=O)c2cc(-c3ccc(C)c(C)c3)nc3ccccc23)c(C#N)c1C. The predicted molar refractivity (Wildman–Crippen MR) is 134 cm³/mol. The molecule has 1 amide bonds. The van der Waals surface area contributed by atoms with E-state index in [9.17, 15) is 14.9 Å². The van der Waals surface area contributed by atoms with Crippen molar-refractivity contribution >= 4 is 39.1 Å². The highest BCUT2D eigenvalue weighted by Crippen LogP contribution is 2.34. The Morgan fingerprint density at radius 2 is 1.85 bits per heavy atom. The number of para-hydroxylation sites is 1. The number of fused-ring (bicyclic) bond motifs is 1. The topological polar surface area (TPSA) is 92.1 Å². The van der Waals surface area contributed by atoms with Crippen LogP contribution in [-0.4, -0.2) is 23.5 Å². The van der Waals surface area contributed by atoms with Gasteiger partial charge in [-0.2, -0.15) is 5.26 Å². The van der Waals surface area contributed by atoms with Gasteiger partial charge in [0.25, 0.3) is 5.91 Å². The molecular weight excluding hydrogens is 446 g/mol. The van der Waals surface area contributed by atoms with E-state index in [0.717, 1.165) is 22.5 Å². The van der Waals surface area contributed by atoms with Crippen LogP contribution in [0.2, 0.25) is 0 Å². The van der Waals surface area contributed by atoms with E-state index in [0.29, 0.717) is 37.6 Å². The number of aryl methyl sites for hydroxylation is 2. The zero-order chi connectivity index (χ0) is 24.4. The number of rotatable bonds is 5. The molecule has 0 saturated carbocycles. The Hall–Kier alpha value is -4.02. The van der Waals surface area contributed by atoms with E-state index in [4.69, 9.17) is 9.72 Å². The van der Waals surface area contributed by atoms with E-state index in [1.165, 1.54) is 5.56 Å². The molecule has 0 saturated heterocycles. The average Bonchev–Trinajstić information content (AvgIpc) is 3.14. The lowest BCUT2D eigenvalue weighted by atomic mass is 10.0. The number of anilines is 1. The second kappa shape index (κ2) is 9.46. The summed E-state index contributed by atoms with van der Waals surface area (Å²) in [7, 11) is 0. The van der Waals surface area contributed by atoms with E-state index < -0.39 is 5.97 Å². The minimum absolute atomic E-state index is 0.226. The van der Waals surface area contributed by atoms with Gasteiger partial charge >= 0.3 is 5.97 Å². The van der Waals surface area contributed by atoms with Crippen molar-refractivity contribution in [2.45, 2.75) is 27.7 Å². The number of hydrogen-bond donors (Lipinski definition) is 1. The normalized spacial score (nSPS) is 10.7. The van der Waals surface area contributed by atoms with Crippen LogP contribution < -0.4 is 5.32 Å². The third-order valence-electron chi connectivity index (χ3n) is 5.71. The Morgan fingerprint density at radius 3 is 2.56 bits per heavy atom. The van der Waals surface area contributed by atoms with Crippen molar-refractivity contribution in [1.29, 1.82) is 5.26 Å². The van der Waals surface area contributed by atoms with Gasteiger partial charge in [0.2, 0.25) is 0 Å². The summed E-state index contributed by atoms with van der Waals surface area (Å²) in [4.78, 5) is 30.8. The molecule has 170 valence electrons. The summed E-state index contributed by atoms with van der Waals surface area (Å²) in [5, 5.41) is 13.5. The Kier molecular flexibility index (Phi) is 6.44. The quantitative estimate of drug-likeness (QED) is 0.352. The van der Waals surface area contributed by atoms with Gasteiger partial charge in [0.05, 0.1) is 28.9 Å². The van der Waals surface area contributed by atoms with Crippen LogP contribution in [0.1, 0.15) is 49.2 Å². The number of carbonyl (C=O) groups is 2. The van der Waals surface area contributed by atoms with Crippen molar-refractivity contribution in [3.63, 3.8) is 0 Å². The number of hydrogen-bond acceptors (Lipinski definition) is 6. The number of amides is 1. The predicted octanol–water partition coefficient (Wildman–Crippen LogP) is 6.19. The lowest BCUT2D eigenvalue weighted by Gasteiger charge is -2.11. The van der Waals surface area contributed by atoms with Crippen molar-refractivity contribution in [3.05, 3.63) is 81.2 Å². The van der Waals surface area contributed by atoms with Gasteiger partial charge in [-0.05, 0) is 62.6 Å². The largest absolute Gasteiger partial charge is 0.462 e. The molecule has 0 unspecified atom stereocenters. The number of nitrogens with zero attached hydrogens (tertiary/aromatic N) is 2. The lowest BCUT2D eigenvalue weighted by Crippen LogP contribution is -2.13. The Morgan fingerprint density at radius 1 is 1.09 bits per heavy atom. The number of benzene rings is 2. The molecule has 0 spiro atoms. The number of pyridine rings is 1. The van der Waals surface area contributed by atoms with Crippen LogP contribution >= 0.6 is 11.3 Å². The minimum Gasteiger partial charge on any atom is -0.462 e. The summed E-state index contributed by atoms with van der Waals surface area (Å²) in [6.45, 7) is 7.71. The molecule has 0 aliphatic carbocycles. The van der Waals surface area contributed by atoms with Crippen LogP contribution in [0.15, 0.2) is 48.5 Å². The maximum absolute atomic E-state index is 13.5. The van der Waals surface area contributed by atoms with Crippen molar-refractivity contribution in [3.8, 4) is 17.3 Å². The average molecular weight is 470 g/mol. The number of thiophene rings is 1. The zero-order valence-electron chi connectivity index (χ0n) is 19.4. The summed E-state index contributed by atoms with van der Waals surface area (Å²) >= 11 is 1.05. The van der Waals surface area contributed by atoms with Gasteiger partial charge in [-0.3, -0.25) is 4.79 Å². The number of ether oxygens (including phenoxy) is 1. The summed E-state index contributed by atoms with van der Waals surface area (Å²) in [6, 6.07) is 17.4. The molecule has 4 rings (SSSR count). The van der Waals surface area contributed by atoms with Gasteiger partial charge in [-0.15, -0.1) is 11.3 Å². The van der Waals surface area contributed by atoms with Crippen molar-refractivity contribution < 1.29 is 14.3 Å². The van der Waals surface area contributed by atoms with Gasteiger partial charge in [0.15, 0.2) is 0 Å². The maximum atomic E-state index is 13.5. The molecule has 34 heavy (non-hydrogen) atoms. The lowest BCUT2D eigenvalue weighted by molar-refractivity contribution is 0.0531. The molecule has 2 aromatic heterocycles. The van der Waals surface area contributed by atoms with Gasteiger partial charge in [0, 0.05) is 10.9 Å². The number of carbonyl (C=O) groups excluding carboxylic acids is 2. The second-order valence-corrected chi connectivity index (χ2v) is 8.94. The monoisotopic (exact) mass is 469 g/mol. The zero-order valence-corrected chi connectivity index (χ0v) is 20.2. The van der Waals surface area contributed by atoms with Crippen LogP contribution in [0.4, 0.5) is 5.00 Å². The molecule has 2 aromatic carbocycles. The Labute approximate surface area is 201 Å². The van der Waals surface area contributed by atoms with Crippen molar-refractivity contribution in [2.75, 3.05) is 11.9 Å². The highest BCUT2D eigenvalue weighted by atomic mass is 32.1. The molecule has 0 radical (unpaired) electrons. The van der Waals surface area contributed by atoms with E-state index >= 15 is 0 Å². The summed E-state index contributed by atoms with van der Waals surface area (Å²) in [5.74, 6) is -0.884. The molecule has 1 N–H and O–H groups in total. The molecule has 0 aliphatic heterocycles. The molecular formula is C27H23N3O3S. The standard InChI is InChI=1S/C27H23N3O3S/c1-5-33-27(32)24-17(4)21(14-28)26(34-24)30-25(31)20-13-23(18-11-10-15(2)16(3)12-18)29-22-9-7-6-8-19(20)22/h6-13H,5H2,1-4H3,(H,30,31). The fourth-order valence-electron chi connectivity index (χ4n) is 3.71. The van der Waals surface area contributed by atoms with Crippen molar-refractivity contribution in [1.82, 2.24) is 4.98 Å². The van der Waals surface area contributed by atoms with E-state index in [1.807, 2.05) is 50.2 Å². The fraction of sp³-hybridized carbons (Fsp3) is 0.185. The first-order valence-corrected chi connectivity index (χ1v) is 11.6. The fourth-order valence-corrected chi connectivity index (χ4v) is 4.76. The first-order valence-electron chi connectivity index (χ1n) is 10.8. The molecule has 0 bridgehead atoms. The third-order valence-corrected chi connectivity index (χ3v) is 6.90. The molecule has 0 aliphatic rings. The van der Waals surface area contributed by atoms with Crippen LogP contribution in [0.5, 0.6) is 0 Å². The first-order chi connectivity index (χ1) is 16.3. The molecule has 7 heteroatoms. The number of nitrogens with one attached hydrogen (secondary N) is 1. The molecule has 6 nitrogen and oxygen atoms in total. The van der Waals surface area contributed by atoms with Crippen molar-refractivity contribution in [2.24, 2.45) is 0 Å². The van der Waals surface area contributed by atoms with Crippen LogP contribution in [0.25, 0.3) is 22.2 Å². The smallest absolute Gasteiger partial charge is 0.348 e. The first kappa shape index (κ1) is 23.1. The summed E-state index contributed by atoms with van der Waals surface area (Å²) < 4.78 is 5.09.